The van der Waals surface area contributed by atoms with Crippen LogP contribution in [0.3, 0.4) is 0 Å². The number of carboxylic acid groups (broad SMARTS) is 1. The van der Waals surface area contributed by atoms with Crippen LogP contribution in [-0.2, 0) is 11.2 Å². The highest BCUT2D eigenvalue weighted by atomic mass is 32.1. The molecule has 0 bridgehead atoms. The van der Waals surface area contributed by atoms with Crippen LogP contribution in [0.1, 0.15) is 28.6 Å². The van der Waals surface area contributed by atoms with Crippen LogP contribution < -0.4 is 4.74 Å². The minimum absolute atomic E-state index is 0.216. The van der Waals surface area contributed by atoms with Gasteiger partial charge in [0.2, 0.25) is 0 Å². The Labute approximate surface area is 138 Å². The van der Waals surface area contributed by atoms with Gasteiger partial charge in [0.05, 0.1) is 18.8 Å². The zero-order valence-electron chi connectivity index (χ0n) is 12.9. The second-order valence-electron chi connectivity index (χ2n) is 5.58. The second-order valence-corrected chi connectivity index (χ2v) is 6.69. The van der Waals surface area contributed by atoms with E-state index in [1.165, 1.54) is 4.88 Å². The summed E-state index contributed by atoms with van der Waals surface area (Å²) in [5, 5.41) is 10.1. The molecule has 1 aliphatic heterocycles. The summed E-state index contributed by atoms with van der Waals surface area (Å²) in [4.78, 5) is 16.9. The summed E-state index contributed by atoms with van der Waals surface area (Å²) in [5.74, 6) is -0.0216. The molecule has 1 fully saturated rings. The molecule has 1 N–H and O–H groups in total. The molecule has 0 radical (unpaired) electrons. The van der Waals surface area contributed by atoms with Gasteiger partial charge in [0.15, 0.2) is 0 Å². The average molecular weight is 333 g/mol. The molecule has 1 unspecified atom stereocenters. The zero-order valence-corrected chi connectivity index (χ0v) is 13.8. The maximum atomic E-state index is 11.4. The Morgan fingerprint density at radius 2 is 2.35 bits per heavy atom. The van der Waals surface area contributed by atoms with E-state index in [4.69, 9.17) is 9.47 Å². The van der Waals surface area contributed by atoms with Crippen LogP contribution in [0.5, 0.6) is 5.75 Å². The van der Waals surface area contributed by atoms with E-state index in [2.05, 4.69) is 11.9 Å². The number of carbonyl (C=O) groups is 1. The first-order chi connectivity index (χ1) is 11.2. The van der Waals surface area contributed by atoms with Gasteiger partial charge in [-0.25, -0.2) is 9.78 Å². The SMILES string of the molecule is CCc1cnc(-c2cc(OCC3CCOC3)cc(C(=O)O)c2)s1. The lowest BCUT2D eigenvalue weighted by Crippen LogP contribution is -2.12. The summed E-state index contributed by atoms with van der Waals surface area (Å²) < 4.78 is 11.1. The topological polar surface area (TPSA) is 68.7 Å². The molecule has 1 atom stereocenters. The Kier molecular flexibility index (Phi) is 4.93. The summed E-state index contributed by atoms with van der Waals surface area (Å²) in [6, 6.07) is 5.07. The molecule has 5 nitrogen and oxygen atoms in total. The molecule has 1 saturated heterocycles. The van der Waals surface area contributed by atoms with Crippen molar-refractivity contribution in [2.75, 3.05) is 19.8 Å². The Balaban J connectivity index is 1.84. The quantitative estimate of drug-likeness (QED) is 0.876. The molecular weight excluding hydrogens is 314 g/mol. The maximum Gasteiger partial charge on any atom is 0.335 e. The smallest absolute Gasteiger partial charge is 0.335 e. The highest BCUT2D eigenvalue weighted by molar-refractivity contribution is 7.15. The minimum Gasteiger partial charge on any atom is -0.493 e. The number of hydrogen-bond donors (Lipinski definition) is 1. The van der Waals surface area contributed by atoms with E-state index < -0.39 is 5.97 Å². The molecule has 1 aromatic heterocycles. The lowest BCUT2D eigenvalue weighted by molar-refractivity contribution is 0.0696. The lowest BCUT2D eigenvalue weighted by atomic mass is 10.1. The van der Waals surface area contributed by atoms with Gasteiger partial charge in [-0.2, -0.15) is 0 Å². The normalized spacial score (nSPS) is 17.3. The van der Waals surface area contributed by atoms with Crippen LogP contribution >= 0.6 is 11.3 Å². The van der Waals surface area contributed by atoms with E-state index in [9.17, 15) is 9.90 Å². The average Bonchev–Trinajstić information content (AvgIpc) is 3.24. The fourth-order valence-corrected chi connectivity index (χ4v) is 3.30. The molecular formula is C17H19NO4S. The van der Waals surface area contributed by atoms with E-state index in [1.54, 1.807) is 23.5 Å². The highest BCUT2D eigenvalue weighted by Crippen LogP contribution is 2.30. The zero-order chi connectivity index (χ0) is 16.2. The van der Waals surface area contributed by atoms with Gasteiger partial charge in [-0.1, -0.05) is 6.92 Å². The van der Waals surface area contributed by atoms with Crippen molar-refractivity contribution in [2.24, 2.45) is 5.92 Å². The van der Waals surface area contributed by atoms with Gasteiger partial charge in [-0.3, -0.25) is 0 Å². The predicted molar refractivity (Wildman–Crippen MR) is 88.3 cm³/mol. The van der Waals surface area contributed by atoms with E-state index in [0.717, 1.165) is 30.0 Å². The van der Waals surface area contributed by atoms with Gasteiger partial charge in [-0.05, 0) is 31.0 Å². The number of carboxylic acids is 1. The standard InChI is InChI=1S/C17H19NO4S/c1-2-15-8-18-16(23-15)12-5-13(17(19)20)7-14(6-12)22-10-11-3-4-21-9-11/h5-8,11H,2-4,9-10H2,1H3,(H,19,20). The van der Waals surface area contributed by atoms with Crippen LogP contribution in [0.25, 0.3) is 10.6 Å². The summed E-state index contributed by atoms with van der Waals surface area (Å²) in [7, 11) is 0. The Bertz CT molecular complexity index is 692. The molecule has 122 valence electrons. The number of thiazole rings is 1. The van der Waals surface area contributed by atoms with Crippen molar-refractivity contribution in [1.82, 2.24) is 4.98 Å². The summed E-state index contributed by atoms with van der Waals surface area (Å²) in [5.41, 5.74) is 1.00. The van der Waals surface area contributed by atoms with Gasteiger partial charge >= 0.3 is 5.97 Å². The highest BCUT2D eigenvalue weighted by Gasteiger charge is 2.17. The first kappa shape index (κ1) is 16.0. The number of rotatable bonds is 6. The fourth-order valence-electron chi connectivity index (χ4n) is 2.46. The Morgan fingerprint density at radius 3 is 3.00 bits per heavy atom. The third-order valence-corrected chi connectivity index (χ3v) is 5.00. The van der Waals surface area contributed by atoms with E-state index in [-0.39, 0.29) is 5.56 Å². The molecule has 2 aromatic rings. The van der Waals surface area contributed by atoms with Gasteiger partial charge in [0, 0.05) is 29.2 Å². The molecule has 2 heterocycles. The van der Waals surface area contributed by atoms with Crippen LogP contribution in [0.15, 0.2) is 24.4 Å². The third-order valence-electron chi connectivity index (χ3n) is 3.81. The number of hydrogen-bond acceptors (Lipinski definition) is 5. The van der Waals surface area contributed by atoms with Crippen molar-refractivity contribution in [2.45, 2.75) is 19.8 Å². The molecule has 0 spiro atoms. The summed E-state index contributed by atoms with van der Waals surface area (Å²) in [6.07, 6.45) is 3.74. The van der Waals surface area contributed by atoms with Gasteiger partial charge in [0.1, 0.15) is 10.8 Å². The van der Waals surface area contributed by atoms with Crippen molar-refractivity contribution in [3.8, 4) is 16.3 Å². The van der Waals surface area contributed by atoms with Crippen LogP contribution in [-0.4, -0.2) is 35.9 Å². The molecule has 3 rings (SSSR count). The van der Waals surface area contributed by atoms with Crippen molar-refractivity contribution >= 4 is 17.3 Å². The van der Waals surface area contributed by atoms with E-state index in [1.807, 2.05) is 12.3 Å². The van der Waals surface area contributed by atoms with E-state index >= 15 is 0 Å². The molecule has 0 amide bonds. The minimum atomic E-state index is -0.965. The first-order valence-electron chi connectivity index (χ1n) is 7.69. The number of aromatic carboxylic acids is 1. The predicted octanol–water partition coefficient (Wildman–Crippen LogP) is 3.49. The van der Waals surface area contributed by atoms with Crippen LogP contribution in [0.2, 0.25) is 0 Å². The molecule has 6 heteroatoms. The monoisotopic (exact) mass is 333 g/mol. The number of aromatic nitrogens is 1. The van der Waals surface area contributed by atoms with E-state index in [0.29, 0.717) is 24.9 Å². The number of aryl methyl sites for hydroxylation is 1. The molecule has 1 aliphatic rings. The Hall–Kier alpha value is -1.92. The van der Waals surface area contributed by atoms with Crippen LogP contribution in [0.4, 0.5) is 0 Å². The molecule has 0 aliphatic carbocycles. The number of nitrogens with zero attached hydrogens (tertiary/aromatic N) is 1. The van der Waals surface area contributed by atoms with Crippen molar-refractivity contribution in [3.63, 3.8) is 0 Å². The lowest BCUT2D eigenvalue weighted by Gasteiger charge is -2.12. The van der Waals surface area contributed by atoms with Gasteiger partial charge in [0.25, 0.3) is 0 Å². The number of ether oxygens (including phenoxy) is 2. The number of benzene rings is 1. The summed E-state index contributed by atoms with van der Waals surface area (Å²) >= 11 is 1.58. The van der Waals surface area contributed by atoms with Gasteiger partial charge in [-0.15, -0.1) is 11.3 Å². The maximum absolute atomic E-state index is 11.4. The third kappa shape index (κ3) is 3.89. The largest absolute Gasteiger partial charge is 0.493 e. The van der Waals surface area contributed by atoms with Crippen molar-refractivity contribution in [1.29, 1.82) is 0 Å². The Morgan fingerprint density at radius 1 is 1.48 bits per heavy atom. The molecule has 23 heavy (non-hydrogen) atoms. The first-order valence-corrected chi connectivity index (χ1v) is 8.51. The fraction of sp³-hybridized carbons (Fsp3) is 0.412. The second kappa shape index (κ2) is 7.10. The van der Waals surface area contributed by atoms with Crippen molar-refractivity contribution in [3.05, 3.63) is 34.8 Å². The van der Waals surface area contributed by atoms with Gasteiger partial charge < -0.3 is 14.6 Å². The summed E-state index contributed by atoms with van der Waals surface area (Å²) in [6.45, 7) is 4.09. The molecule has 1 aromatic carbocycles. The van der Waals surface area contributed by atoms with Crippen LogP contribution in [0, 0.1) is 5.92 Å². The van der Waals surface area contributed by atoms with Crippen molar-refractivity contribution < 1.29 is 19.4 Å². The molecule has 0 saturated carbocycles.